The summed E-state index contributed by atoms with van der Waals surface area (Å²) in [6.45, 7) is 1.81. The van der Waals surface area contributed by atoms with Gasteiger partial charge in [0.05, 0.1) is 17.3 Å². The van der Waals surface area contributed by atoms with Gasteiger partial charge in [-0.25, -0.2) is 5.43 Å². The van der Waals surface area contributed by atoms with Crippen LogP contribution in [0.2, 0.25) is 0 Å². The number of benzene rings is 2. The third kappa shape index (κ3) is 5.57. The van der Waals surface area contributed by atoms with Crippen LogP contribution in [0.15, 0.2) is 56.5 Å². The number of hydrazone groups is 1. The minimum absolute atomic E-state index is 0.175. The number of ether oxygens (including phenoxy) is 2. The molecule has 0 aliphatic carbocycles. The molecule has 1 N–H and O–H groups in total. The average Bonchev–Trinajstić information content (AvgIpc) is 2.61. The molecule has 0 saturated carbocycles. The molecule has 5 nitrogen and oxygen atoms in total. The Morgan fingerprint density at radius 2 is 1.92 bits per heavy atom. The molecule has 2 aromatic rings. The highest BCUT2D eigenvalue weighted by Crippen LogP contribution is 2.38. The Balaban J connectivity index is 2.00. The lowest BCUT2D eigenvalue weighted by molar-refractivity contribution is -0.123. The lowest BCUT2D eigenvalue weighted by Gasteiger charge is -2.12. The zero-order valence-corrected chi connectivity index (χ0v) is 17.1. The van der Waals surface area contributed by atoms with E-state index >= 15 is 0 Å². The maximum absolute atomic E-state index is 12.0. The van der Waals surface area contributed by atoms with Gasteiger partial charge in [-0.3, -0.25) is 4.79 Å². The van der Waals surface area contributed by atoms with Crippen molar-refractivity contribution in [1.29, 1.82) is 0 Å². The van der Waals surface area contributed by atoms with Crippen molar-refractivity contribution >= 4 is 43.5 Å². The van der Waals surface area contributed by atoms with E-state index in [1.165, 1.54) is 0 Å². The molecule has 0 atom stereocenters. The maximum Gasteiger partial charge on any atom is 0.277 e. The van der Waals surface area contributed by atoms with E-state index in [1.54, 1.807) is 13.2 Å². The van der Waals surface area contributed by atoms with Crippen LogP contribution in [0.4, 0.5) is 0 Å². The second-order valence-corrected chi connectivity index (χ2v) is 6.79. The Labute approximate surface area is 163 Å². The third-order valence-corrected chi connectivity index (χ3v) is 4.35. The van der Waals surface area contributed by atoms with Crippen molar-refractivity contribution in [3.63, 3.8) is 0 Å². The van der Waals surface area contributed by atoms with E-state index in [9.17, 15) is 4.79 Å². The van der Waals surface area contributed by atoms with Crippen LogP contribution in [0.1, 0.15) is 18.9 Å². The normalized spacial score (nSPS) is 11.1. The molecular weight excluding hydrogens is 452 g/mol. The summed E-state index contributed by atoms with van der Waals surface area (Å²) < 4.78 is 12.4. The fourth-order valence-electron chi connectivity index (χ4n) is 2.11. The van der Waals surface area contributed by atoms with Gasteiger partial charge in [-0.05, 0) is 40.0 Å². The van der Waals surface area contributed by atoms with Gasteiger partial charge in [0, 0.05) is 4.47 Å². The summed E-state index contributed by atoms with van der Waals surface area (Å²) in [6, 6.07) is 13.3. The Hall–Kier alpha value is -1.86. The molecule has 0 aliphatic rings. The first kappa shape index (κ1) is 19.5. The molecule has 25 heavy (non-hydrogen) atoms. The zero-order chi connectivity index (χ0) is 18.2. The van der Waals surface area contributed by atoms with Crippen LogP contribution in [-0.2, 0) is 4.79 Å². The minimum Gasteiger partial charge on any atom is -0.493 e. The molecule has 0 saturated heterocycles. The van der Waals surface area contributed by atoms with Gasteiger partial charge in [0.1, 0.15) is 0 Å². The van der Waals surface area contributed by atoms with Gasteiger partial charge in [-0.1, -0.05) is 53.2 Å². The fourth-order valence-corrected chi connectivity index (χ4v) is 3.41. The molecule has 0 bridgehead atoms. The summed E-state index contributed by atoms with van der Waals surface area (Å²) in [5, 5.41) is 4.19. The monoisotopic (exact) mass is 468 g/mol. The van der Waals surface area contributed by atoms with Crippen LogP contribution < -0.4 is 14.9 Å². The van der Waals surface area contributed by atoms with Crippen LogP contribution >= 0.6 is 31.9 Å². The van der Waals surface area contributed by atoms with E-state index in [0.29, 0.717) is 22.4 Å². The highest BCUT2D eigenvalue weighted by molar-refractivity contribution is 9.11. The Bertz CT molecular complexity index is 764. The smallest absolute Gasteiger partial charge is 0.277 e. The molecule has 0 fully saturated rings. The zero-order valence-electron chi connectivity index (χ0n) is 13.9. The van der Waals surface area contributed by atoms with Crippen molar-refractivity contribution in [2.24, 2.45) is 5.10 Å². The summed E-state index contributed by atoms with van der Waals surface area (Å²) in [5.41, 5.74) is 4.31. The van der Waals surface area contributed by atoms with Crippen LogP contribution in [0.25, 0.3) is 0 Å². The Morgan fingerprint density at radius 1 is 1.20 bits per heavy atom. The second-order valence-electron chi connectivity index (χ2n) is 5.02. The highest BCUT2D eigenvalue weighted by atomic mass is 79.9. The molecule has 2 rings (SSSR count). The van der Waals surface area contributed by atoms with Gasteiger partial charge < -0.3 is 9.47 Å². The lowest BCUT2D eigenvalue weighted by atomic mass is 10.1. The van der Waals surface area contributed by atoms with E-state index < -0.39 is 0 Å². The van der Waals surface area contributed by atoms with Crippen LogP contribution in [0.5, 0.6) is 11.5 Å². The van der Waals surface area contributed by atoms with Crippen LogP contribution in [0.3, 0.4) is 0 Å². The molecule has 0 heterocycles. The van der Waals surface area contributed by atoms with Crippen molar-refractivity contribution in [3.05, 3.63) is 57.0 Å². The van der Waals surface area contributed by atoms with Gasteiger partial charge in [0.15, 0.2) is 18.1 Å². The second kappa shape index (κ2) is 9.58. The van der Waals surface area contributed by atoms with Crippen LogP contribution in [0, 0.1) is 0 Å². The summed E-state index contributed by atoms with van der Waals surface area (Å²) in [5.74, 6) is 0.637. The van der Waals surface area contributed by atoms with Gasteiger partial charge >= 0.3 is 0 Å². The summed E-state index contributed by atoms with van der Waals surface area (Å²) in [7, 11) is 1.54. The molecule has 132 valence electrons. The summed E-state index contributed by atoms with van der Waals surface area (Å²) >= 11 is 6.77. The first-order valence-electron chi connectivity index (χ1n) is 7.61. The van der Waals surface area contributed by atoms with Crippen molar-refractivity contribution in [3.8, 4) is 11.5 Å². The van der Waals surface area contributed by atoms with Gasteiger partial charge in [0.2, 0.25) is 0 Å². The van der Waals surface area contributed by atoms with Crippen molar-refractivity contribution in [1.82, 2.24) is 5.43 Å². The van der Waals surface area contributed by atoms with Gasteiger partial charge in [-0.2, -0.15) is 5.10 Å². The van der Waals surface area contributed by atoms with Crippen LogP contribution in [-0.4, -0.2) is 25.3 Å². The van der Waals surface area contributed by atoms with E-state index in [4.69, 9.17) is 9.47 Å². The van der Waals surface area contributed by atoms with Crippen molar-refractivity contribution in [2.45, 2.75) is 13.3 Å². The average molecular weight is 470 g/mol. The number of halogens is 2. The van der Waals surface area contributed by atoms with E-state index in [0.717, 1.165) is 15.7 Å². The number of nitrogens with zero attached hydrogens (tertiary/aromatic N) is 1. The minimum atomic E-state index is -0.348. The molecule has 0 aliphatic heterocycles. The Kier molecular flexibility index (Phi) is 7.46. The van der Waals surface area contributed by atoms with Crippen molar-refractivity contribution in [2.75, 3.05) is 13.7 Å². The predicted octanol–water partition coefficient (Wildman–Crippen LogP) is 4.53. The van der Waals surface area contributed by atoms with E-state index in [2.05, 4.69) is 42.4 Å². The van der Waals surface area contributed by atoms with E-state index in [-0.39, 0.29) is 12.5 Å². The van der Waals surface area contributed by atoms with E-state index in [1.807, 2.05) is 43.3 Å². The highest BCUT2D eigenvalue weighted by Gasteiger charge is 2.13. The fraction of sp³-hybridized carbons (Fsp3) is 0.222. The molecule has 0 aromatic heterocycles. The number of hydrogen-bond donors (Lipinski definition) is 1. The number of amides is 1. The maximum atomic E-state index is 12.0. The number of carbonyl (C=O) groups excluding carboxylic acids is 1. The molecule has 0 unspecified atom stereocenters. The number of hydrogen-bond acceptors (Lipinski definition) is 4. The number of rotatable bonds is 7. The molecule has 7 heteroatoms. The lowest BCUT2D eigenvalue weighted by Crippen LogP contribution is -2.26. The van der Waals surface area contributed by atoms with Gasteiger partial charge in [-0.15, -0.1) is 0 Å². The molecule has 0 radical (unpaired) electrons. The summed E-state index contributed by atoms with van der Waals surface area (Å²) in [6.07, 6.45) is 0.706. The predicted molar refractivity (Wildman–Crippen MR) is 105 cm³/mol. The first-order chi connectivity index (χ1) is 12.0. The summed E-state index contributed by atoms with van der Waals surface area (Å²) in [4.78, 5) is 12.0. The Morgan fingerprint density at radius 3 is 2.56 bits per heavy atom. The molecular formula is C18H18Br2N2O3. The third-order valence-electron chi connectivity index (χ3n) is 3.30. The largest absolute Gasteiger partial charge is 0.493 e. The first-order valence-corrected chi connectivity index (χ1v) is 9.20. The van der Waals surface area contributed by atoms with Crippen molar-refractivity contribution < 1.29 is 14.3 Å². The number of nitrogens with one attached hydrogen (secondary N) is 1. The standard InChI is InChI=1S/C18H18Br2N2O3/c1-3-15(12-7-5-4-6-8-12)21-22-17(23)11-25-18-14(20)9-13(19)10-16(18)24-2/h4-10H,3,11H2,1-2H3,(H,22,23)/b21-15-. The molecule has 0 spiro atoms. The molecule has 1 amide bonds. The van der Waals surface area contributed by atoms with Gasteiger partial charge in [0.25, 0.3) is 5.91 Å². The SMILES string of the molecule is CC/C(=N/NC(=O)COc1c(Br)cc(Br)cc1OC)c1ccccc1. The molecule has 2 aromatic carbocycles. The quantitative estimate of drug-likeness (QED) is 0.478. The number of carbonyl (C=O) groups is 1. The number of methoxy groups -OCH3 is 1. The topological polar surface area (TPSA) is 59.9 Å².